The second-order valence-corrected chi connectivity index (χ2v) is 6.48. The minimum absolute atomic E-state index is 0. The van der Waals surface area contributed by atoms with E-state index in [1.807, 2.05) is 0 Å². The van der Waals surface area contributed by atoms with Crippen molar-refractivity contribution in [2.45, 2.75) is 77.2 Å². The van der Waals surface area contributed by atoms with Gasteiger partial charge in [0.05, 0.1) is 19.8 Å². The van der Waals surface area contributed by atoms with Crippen LogP contribution < -0.4 is 29.6 Å². The average molecular weight is 380 g/mol. The predicted molar refractivity (Wildman–Crippen MR) is 87.7 cm³/mol. The largest absolute Gasteiger partial charge is 1.00 e. The van der Waals surface area contributed by atoms with Crippen LogP contribution in [0.25, 0.3) is 0 Å². The average Bonchev–Trinajstić information content (AvgIpc) is 2.51. The van der Waals surface area contributed by atoms with Crippen molar-refractivity contribution in [3.05, 3.63) is 0 Å². The van der Waals surface area contributed by atoms with E-state index in [0.29, 0.717) is 6.42 Å². The van der Waals surface area contributed by atoms with Gasteiger partial charge in [-0.25, -0.2) is 8.42 Å². The molecule has 0 radical (unpaired) electrons. The summed E-state index contributed by atoms with van der Waals surface area (Å²) in [6.45, 7) is 1.51. The van der Waals surface area contributed by atoms with E-state index in [-0.39, 0.29) is 49.4 Å². The van der Waals surface area contributed by atoms with Gasteiger partial charge in [-0.05, 0) is 6.42 Å². The Kier molecular flexibility index (Phi) is 26.8. The van der Waals surface area contributed by atoms with Crippen molar-refractivity contribution in [1.29, 1.82) is 0 Å². The van der Waals surface area contributed by atoms with E-state index in [1.54, 1.807) is 0 Å². The number of rotatable bonds is 14. The molecule has 0 aromatic rings. The third-order valence-corrected chi connectivity index (χ3v) is 3.60. The molecule has 0 fully saturated rings. The van der Waals surface area contributed by atoms with Gasteiger partial charge in [0.15, 0.2) is 0 Å². The van der Waals surface area contributed by atoms with E-state index in [4.69, 9.17) is 15.3 Å². The maximum Gasteiger partial charge on any atom is 1.00 e. The van der Waals surface area contributed by atoms with Crippen LogP contribution in [-0.2, 0) is 14.6 Å². The molecule has 9 heteroatoms. The summed E-state index contributed by atoms with van der Waals surface area (Å²) in [7, 11) is -4.48. The molecule has 142 valence electrons. The molecule has 0 heterocycles. The minimum Gasteiger partial charge on any atom is -0.726 e. The summed E-state index contributed by atoms with van der Waals surface area (Å²) in [6.07, 6.45) is 10.7. The van der Waals surface area contributed by atoms with E-state index < -0.39 is 16.5 Å². The topological polar surface area (TPSA) is 127 Å². The molecule has 0 aliphatic rings. The third kappa shape index (κ3) is 30.6. The molecule has 7 nitrogen and oxygen atoms in total. The van der Waals surface area contributed by atoms with Gasteiger partial charge in [0.2, 0.25) is 10.4 Å². The zero-order valence-electron chi connectivity index (χ0n) is 15.2. The Hall–Kier alpha value is 0.750. The monoisotopic (exact) mass is 380 g/mol. The fraction of sp³-hybridized carbons (Fsp3) is 1.00. The first kappa shape index (κ1) is 29.5. The van der Waals surface area contributed by atoms with Crippen LogP contribution in [0.15, 0.2) is 0 Å². The third-order valence-electron chi connectivity index (χ3n) is 3.15. The summed E-state index contributed by atoms with van der Waals surface area (Å²) in [5.74, 6) is 0. The van der Waals surface area contributed by atoms with Crippen LogP contribution in [0.5, 0.6) is 0 Å². The van der Waals surface area contributed by atoms with Crippen LogP contribution in [0.3, 0.4) is 0 Å². The summed E-state index contributed by atoms with van der Waals surface area (Å²) in [5.41, 5.74) is 0. The van der Waals surface area contributed by atoms with Gasteiger partial charge in [-0.3, -0.25) is 4.18 Å². The van der Waals surface area contributed by atoms with Crippen molar-refractivity contribution in [2.24, 2.45) is 0 Å². The van der Waals surface area contributed by atoms with E-state index in [0.717, 1.165) is 12.8 Å². The van der Waals surface area contributed by atoms with Crippen LogP contribution in [0, 0.1) is 0 Å². The minimum atomic E-state index is -4.48. The maximum absolute atomic E-state index is 10.1. The van der Waals surface area contributed by atoms with Crippen LogP contribution in [0.1, 0.15) is 71.1 Å². The quantitative estimate of drug-likeness (QED) is 0.148. The fourth-order valence-corrected chi connectivity index (χ4v) is 2.13. The van der Waals surface area contributed by atoms with Crippen LogP contribution in [0.2, 0.25) is 0 Å². The molecular weight excluding hydrogens is 347 g/mol. The Balaban J connectivity index is -0.000000538. The summed E-state index contributed by atoms with van der Waals surface area (Å²) < 4.78 is 34.5. The molecule has 0 bridgehead atoms. The number of unbranched alkanes of at least 4 members (excludes halogenated alkanes) is 9. The number of hydrogen-bond donors (Lipinski definition) is 3. The first-order chi connectivity index (χ1) is 10.9. The molecule has 24 heavy (non-hydrogen) atoms. The standard InChI is InChI=1S/C12H26O4S.C3H8O3.Na/c1-2-3-4-5-6-7-8-9-10-11-12-16-17(13,14)15;4-1-3(6)2-5;/h2-12H2,1H3,(H,13,14,15);3-6H,1-2H2;/q;;+1/p-1. The second-order valence-electron chi connectivity index (χ2n) is 5.43. The second kappa shape index (κ2) is 21.8. The Bertz CT molecular complexity index is 322. The van der Waals surface area contributed by atoms with E-state index in [9.17, 15) is 13.0 Å². The van der Waals surface area contributed by atoms with Crippen molar-refractivity contribution in [3.8, 4) is 0 Å². The molecule has 0 atom stereocenters. The van der Waals surface area contributed by atoms with Gasteiger partial charge in [-0.15, -0.1) is 0 Å². The molecule has 3 N–H and O–H groups in total. The number of aliphatic hydroxyl groups is 3. The number of hydrogen-bond acceptors (Lipinski definition) is 7. The number of aliphatic hydroxyl groups excluding tert-OH is 3. The first-order valence-corrected chi connectivity index (χ1v) is 9.70. The van der Waals surface area contributed by atoms with Gasteiger partial charge in [0.1, 0.15) is 6.10 Å². The van der Waals surface area contributed by atoms with E-state index in [2.05, 4.69) is 11.1 Å². The smallest absolute Gasteiger partial charge is 0.726 e. The SMILES string of the molecule is CCCCCCCCCCCCOS(=O)(=O)[O-].OCC(O)CO.[Na+]. The van der Waals surface area contributed by atoms with Gasteiger partial charge >= 0.3 is 29.6 Å². The summed E-state index contributed by atoms with van der Waals surface area (Å²) in [5, 5.41) is 24.0. The normalized spacial score (nSPS) is 10.9. The van der Waals surface area contributed by atoms with Crippen molar-refractivity contribution < 1.29 is 62.0 Å². The molecule has 0 amide bonds. The van der Waals surface area contributed by atoms with Crippen molar-refractivity contribution in [3.63, 3.8) is 0 Å². The van der Waals surface area contributed by atoms with E-state index in [1.165, 1.54) is 44.9 Å². The predicted octanol–water partition coefficient (Wildman–Crippen LogP) is -1.28. The summed E-state index contributed by atoms with van der Waals surface area (Å²) in [4.78, 5) is 0. The fourth-order valence-electron chi connectivity index (χ4n) is 1.81. The van der Waals surface area contributed by atoms with Gasteiger partial charge < -0.3 is 19.9 Å². The van der Waals surface area contributed by atoms with Gasteiger partial charge in [-0.1, -0.05) is 64.7 Å². The molecule has 0 unspecified atom stereocenters. The Labute approximate surface area is 169 Å². The molecule has 0 aliphatic heterocycles. The molecule has 0 rings (SSSR count). The van der Waals surface area contributed by atoms with Crippen LogP contribution >= 0.6 is 0 Å². The van der Waals surface area contributed by atoms with Crippen LogP contribution in [0.4, 0.5) is 0 Å². The Morgan fingerprint density at radius 2 is 1.25 bits per heavy atom. The van der Waals surface area contributed by atoms with Gasteiger partial charge in [0.25, 0.3) is 0 Å². The van der Waals surface area contributed by atoms with Crippen molar-refractivity contribution in [2.75, 3.05) is 19.8 Å². The molecule has 0 saturated heterocycles. The van der Waals surface area contributed by atoms with Crippen molar-refractivity contribution >= 4 is 10.4 Å². The van der Waals surface area contributed by atoms with Gasteiger partial charge in [-0.2, -0.15) is 0 Å². The van der Waals surface area contributed by atoms with E-state index >= 15 is 0 Å². The molecule has 0 aromatic heterocycles. The molecule has 0 saturated carbocycles. The molecule has 0 spiro atoms. The summed E-state index contributed by atoms with van der Waals surface area (Å²) >= 11 is 0. The Morgan fingerprint density at radius 3 is 1.54 bits per heavy atom. The zero-order chi connectivity index (χ0) is 18.0. The summed E-state index contributed by atoms with van der Waals surface area (Å²) in [6, 6.07) is 0. The first-order valence-electron chi connectivity index (χ1n) is 8.37. The molecule has 0 aromatic carbocycles. The zero-order valence-corrected chi connectivity index (χ0v) is 18.0. The molecular formula is C15H33NaO7S. The Morgan fingerprint density at radius 1 is 0.875 bits per heavy atom. The maximum atomic E-state index is 10.1. The van der Waals surface area contributed by atoms with Crippen molar-refractivity contribution in [1.82, 2.24) is 0 Å². The van der Waals surface area contributed by atoms with Gasteiger partial charge in [0, 0.05) is 0 Å². The van der Waals surface area contributed by atoms with Crippen LogP contribution in [-0.4, -0.2) is 54.2 Å². The molecule has 0 aliphatic carbocycles.